The SMILES string of the molecule is Cc1cc(=O)oc2cc(NC(=O)[C@H](CCCNC(=N)N)NC(=O)[C@H](CCCNC(=N)N)NC(=O)[C@H](C)N)ccc12. The molecule has 0 bridgehead atoms. The quantitative estimate of drug-likeness (QED) is 0.0577. The van der Waals surface area contributed by atoms with Crippen LogP contribution in [0.1, 0.15) is 38.2 Å². The molecule has 0 aliphatic rings. The topological polar surface area (TPSA) is 267 Å². The molecule has 0 radical (unpaired) electrons. The number of guanidine groups is 2. The molecule has 2 aromatic rings. The van der Waals surface area contributed by atoms with E-state index in [4.69, 9.17) is 32.4 Å². The third-order valence-corrected chi connectivity index (χ3v) is 5.87. The zero-order valence-electron chi connectivity index (χ0n) is 22.6. The maximum absolute atomic E-state index is 13.3. The van der Waals surface area contributed by atoms with E-state index in [2.05, 4.69) is 26.6 Å². The Morgan fingerprint density at radius 2 is 1.45 bits per heavy atom. The van der Waals surface area contributed by atoms with Gasteiger partial charge in [0.1, 0.15) is 17.7 Å². The van der Waals surface area contributed by atoms with Crippen molar-refractivity contribution in [2.45, 2.75) is 57.7 Å². The molecular formula is C25H38N10O5. The lowest BCUT2D eigenvalue weighted by Crippen LogP contribution is -2.54. The number of carbonyl (C=O) groups excluding carboxylic acids is 3. The zero-order chi connectivity index (χ0) is 29.8. The predicted molar refractivity (Wildman–Crippen MR) is 152 cm³/mol. The number of fused-ring (bicyclic) bond motifs is 1. The van der Waals surface area contributed by atoms with Gasteiger partial charge in [-0.25, -0.2) is 4.79 Å². The van der Waals surface area contributed by atoms with Crippen molar-refractivity contribution in [2.75, 3.05) is 18.4 Å². The van der Waals surface area contributed by atoms with Gasteiger partial charge in [-0.1, -0.05) is 0 Å². The van der Waals surface area contributed by atoms with Gasteiger partial charge < -0.3 is 48.2 Å². The maximum Gasteiger partial charge on any atom is 0.336 e. The Kier molecular flexibility index (Phi) is 11.9. The molecule has 0 aliphatic heterocycles. The summed E-state index contributed by atoms with van der Waals surface area (Å²) in [6.45, 7) is 3.84. The second kappa shape index (κ2) is 15.1. The maximum atomic E-state index is 13.3. The standard InChI is InChI=1S/C25H38N10O5/c1-13-11-20(36)40-19-12-15(7-8-16(13)19)33-22(38)17(5-3-9-31-24(27)28)35-23(39)18(34-21(37)14(2)26)6-4-10-32-25(29)30/h7-8,11-12,14,17-18H,3-6,9-10,26H2,1-2H3,(H,33,38)(H,34,37)(H,35,39)(H4,27,28,31)(H4,29,30,32)/t14-,17-,18-/m0/s1. The van der Waals surface area contributed by atoms with Crippen LogP contribution in [0.3, 0.4) is 0 Å². The lowest BCUT2D eigenvalue weighted by molar-refractivity contribution is -0.131. The van der Waals surface area contributed by atoms with Crippen LogP contribution in [0.25, 0.3) is 11.0 Å². The molecule has 0 fully saturated rings. The molecule has 218 valence electrons. The Hall–Kier alpha value is -4.66. The van der Waals surface area contributed by atoms with Gasteiger partial charge >= 0.3 is 5.63 Å². The van der Waals surface area contributed by atoms with Gasteiger partial charge in [-0.15, -0.1) is 0 Å². The van der Waals surface area contributed by atoms with Crippen molar-refractivity contribution >= 4 is 46.3 Å². The van der Waals surface area contributed by atoms with E-state index in [0.29, 0.717) is 36.0 Å². The Balaban J connectivity index is 2.21. The Morgan fingerprint density at radius 1 is 0.900 bits per heavy atom. The molecule has 3 atom stereocenters. The smallest absolute Gasteiger partial charge is 0.336 e. The molecule has 15 heteroatoms. The van der Waals surface area contributed by atoms with Gasteiger partial charge in [0.15, 0.2) is 11.9 Å². The monoisotopic (exact) mass is 558 g/mol. The number of nitrogens with two attached hydrogens (primary N) is 3. The molecule has 13 N–H and O–H groups in total. The lowest BCUT2D eigenvalue weighted by atomic mass is 10.1. The van der Waals surface area contributed by atoms with Gasteiger partial charge in [0.25, 0.3) is 0 Å². The van der Waals surface area contributed by atoms with Crippen molar-refractivity contribution in [3.63, 3.8) is 0 Å². The number of nitrogens with one attached hydrogen (secondary N) is 7. The summed E-state index contributed by atoms with van der Waals surface area (Å²) < 4.78 is 5.25. The average Bonchev–Trinajstić information content (AvgIpc) is 2.86. The largest absolute Gasteiger partial charge is 0.423 e. The highest BCUT2D eigenvalue weighted by Gasteiger charge is 2.27. The van der Waals surface area contributed by atoms with Crippen LogP contribution in [0, 0.1) is 17.7 Å². The summed E-state index contributed by atoms with van der Waals surface area (Å²) in [6.07, 6.45) is 1.13. The molecule has 0 aliphatic carbocycles. The van der Waals surface area contributed by atoms with Gasteiger partial charge in [0.05, 0.1) is 6.04 Å². The van der Waals surface area contributed by atoms with E-state index in [0.717, 1.165) is 5.56 Å². The van der Waals surface area contributed by atoms with E-state index in [9.17, 15) is 19.2 Å². The molecule has 40 heavy (non-hydrogen) atoms. The minimum absolute atomic E-state index is 0.180. The summed E-state index contributed by atoms with van der Waals surface area (Å²) in [7, 11) is 0. The molecule has 3 amide bonds. The van der Waals surface area contributed by atoms with Crippen molar-refractivity contribution < 1.29 is 18.8 Å². The third kappa shape index (κ3) is 10.2. The number of rotatable bonds is 14. The summed E-state index contributed by atoms with van der Waals surface area (Å²) in [6, 6.07) is 3.37. The first kappa shape index (κ1) is 31.6. The number of hydrogen-bond acceptors (Lipinski definition) is 8. The second-order valence-corrected chi connectivity index (χ2v) is 9.33. The zero-order valence-corrected chi connectivity index (χ0v) is 22.6. The van der Waals surface area contributed by atoms with Crippen molar-refractivity contribution in [2.24, 2.45) is 17.2 Å². The predicted octanol–water partition coefficient (Wildman–Crippen LogP) is -1.12. The van der Waals surface area contributed by atoms with E-state index in [1.807, 2.05) is 0 Å². The van der Waals surface area contributed by atoms with Crippen molar-refractivity contribution in [3.05, 3.63) is 40.2 Å². The molecule has 15 nitrogen and oxygen atoms in total. The van der Waals surface area contributed by atoms with Gasteiger partial charge in [0, 0.05) is 36.3 Å². The van der Waals surface area contributed by atoms with Crippen LogP contribution in [0.5, 0.6) is 0 Å². The summed E-state index contributed by atoms with van der Waals surface area (Å²) in [4.78, 5) is 50.5. The molecule has 0 unspecified atom stereocenters. The van der Waals surface area contributed by atoms with Gasteiger partial charge in [0.2, 0.25) is 17.7 Å². The first-order valence-corrected chi connectivity index (χ1v) is 12.7. The fourth-order valence-electron chi connectivity index (χ4n) is 3.80. The van der Waals surface area contributed by atoms with E-state index in [1.165, 1.54) is 19.1 Å². The molecule has 0 saturated carbocycles. The van der Waals surface area contributed by atoms with Crippen molar-refractivity contribution in [1.29, 1.82) is 10.8 Å². The van der Waals surface area contributed by atoms with E-state index < -0.39 is 41.5 Å². The molecule has 1 aromatic heterocycles. The highest BCUT2D eigenvalue weighted by Crippen LogP contribution is 2.21. The lowest BCUT2D eigenvalue weighted by Gasteiger charge is -2.24. The van der Waals surface area contributed by atoms with Gasteiger partial charge in [-0.05, 0) is 57.2 Å². The Morgan fingerprint density at radius 3 is 2.00 bits per heavy atom. The molecular weight excluding hydrogens is 520 g/mol. The first-order chi connectivity index (χ1) is 18.9. The van der Waals surface area contributed by atoms with Crippen LogP contribution in [-0.4, -0.2) is 60.9 Å². The molecule has 1 aromatic carbocycles. The summed E-state index contributed by atoms with van der Waals surface area (Å²) >= 11 is 0. The van der Waals surface area contributed by atoms with Crippen LogP contribution in [0.2, 0.25) is 0 Å². The van der Waals surface area contributed by atoms with Crippen LogP contribution in [0.4, 0.5) is 5.69 Å². The number of hydrogen-bond donors (Lipinski definition) is 10. The number of aryl methyl sites for hydroxylation is 1. The summed E-state index contributed by atoms with van der Waals surface area (Å²) in [5.41, 5.74) is 17.1. The highest BCUT2D eigenvalue weighted by atomic mass is 16.4. The number of carbonyl (C=O) groups is 3. The number of anilines is 1. The van der Waals surface area contributed by atoms with E-state index in [-0.39, 0.29) is 31.3 Å². The normalized spacial score (nSPS) is 13.0. The van der Waals surface area contributed by atoms with Crippen LogP contribution in [0.15, 0.2) is 33.5 Å². The first-order valence-electron chi connectivity index (χ1n) is 12.7. The van der Waals surface area contributed by atoms with E-state index >= 15 is 0 Å². The number of benzene rings is 1. The van der Waals surface area contributed by atoms with Crippen LogP contribution >= 0.6 is 0 Å². The average molecular weight is 559 g/mol. The fraction of sp³-hybridized carbons (Fsp3) is 0.440. The van der Waals surface area contributed by atoms with Crippen LogP contribution in [-0.2, 0) is 14.4 Å². The minimum atomic E-state index is -1.02. The Labute approximate surface area is 231 Å². The van der Waals surface area contributed by atoms with E-state index in [1.54, 1.807) is 19.1 Å². The molecule has 1 heterocycles. The van der Waals surface area contributed by atoms with Crippen molar-refractivity contribution in [1.82, 2.24) is 21.3 Å². The van der Waals surface area contributed by atoms with Gasteiger partial charge in [-0.2, -0.15) is 0 Å². The molecule has 2 rings (SSSR count). The minimum Gasteiger partial charge on any atom is -0.423 e. The van der Waals surface area contributed by atoms with Gasteiger partial charge in [-0.3, -0.25) is 25.2 Å². The Bertz CT molecular complexity index is 1290. The van der Waals surface area contributed by atoms with Crippen molar-refractivity contribution in [3.8, 4) is 0 Å². The number of amides is 3. The fourth-order valence-corrected chi connectivity index (χ4v) is 3.80. The summed E-state index contributed by atoms with van der Waals surface area (Å²) in [5, 5.41) is 28.6. The van der Waals surface area contributed by atoms with Crippen LogP contribution < -0.4 is 49.4 Å². The summed E-state index contributed by atoms with van der Waals surface area (Å²) in [5.74, 6) is -2.13. The highest BCUT2D eigenvalue weighted by molar-refractivity contribution is 5.99. The second-order valence-electron chi connectivity index (χ2n) is 9.33. The molecule has 0 saturated heterocycles. The third-order valence-electron chi connectivity index (χ3n) is 5.87. The molecule has 0 spiro atoms.